The number of benzene rings is 1. The number of amidine groups is 1. The van der Waals surface area contributed by atoms with Crippen LogP contribution in [0.3, 0.4) is 0 Å². The number of hydrogen-bond donors (Lipinski definition) is 4. The van der Waals surface area contributed by atoms with Crippen molar-refractivity contribution in [1.29, 1.82) is 5.26 Å². The number of hydrogen-bond acceptors (Lipinski definition) is 14. The van der Waals surface area contributed by atoms with Crippen molar-refractivity contribution in [2.75, 3.05) is 13.4 Å². The molecule has 15 heteroatoms. The molecule has 1 aromatic rings. The lowest BCUT2D eigenvalue weighted by molar-refractivity contribution is -0.162. The maximum Gasteiger partial charge on any atom is 0.414 e. The Labute approximate surface area is 241 Å². The fraction of sp³-hybridized carbons (Fsp3) is 0.481. The van der Waals surface area contributed by atoms with E-state index in [0.29, 0.717) is 5.56 Å². The molecule has 3 aliphatic heterocycles. The van der Waals surface area contributed by atoms with Crippen molar-refractivity contribution in [3.63, 3.8) is 0 Å². The number of alkyl carbamates (subject to hydrolysis) is 1. The van der Waals surface area contributed by atoms with Crippen LogP contribution in [0, 0.1) is 17.2 Å². The van der Waals surface area contributed by atoms with Crippen LogP contribution in [0.2, 0.25) is 0 Å². The molecule has 3 aliphatic rings. The van der Waals surface area contributed by atoms with Crippen LogP contribution in [0.4, 0.5) is 4.79 Å². The predicted molar refractivity (Wildman–Crippen MR) is 144 cm³/mol. The van der Waals surface area contributed by atoms with Gasteiger partial charge in [-0.05, 0) is 17.9 Å². The lowest BCUT2D eigenvalue weighted by Gasteiger charge is -2.37. The molecule has 1 fully saturated rings. The summed E-state index contributed by atoms with van der Waals surface area (Å²) < 4.78 is 21.6. The Morgan fingerprint density at radius 2 is 2.02 bits per heavy atom. The molecule has 5 N–H and O–H groups in total. The maximum absolute atomic E-state index is 12.8. The minimum Gasteiger partial charge on any atom is -0.463 e. The van der Waals surface area contributed by atoms with Crippen LogP contribution < -0.4 is 11.1 Å². The van der Waals surface area contributed by atoms with Crippen molar-refractivity contribution in [2.45, 2.75) is 62.7 Å². The first-order chi connectivity index (χ1) is 20.1. The summed E-state index contributed by atoms with van der Waals surface area (Å²) in [4.78, 5) is 41.3. The number of carbonyl (C=O) groups excluding carboxylic acids is 3. The maximum atomic E-state index is 12.8. The molecule has 0 radical (unpaired) electrons. The number of nitrogens with zero attached hydrogens (tertiary/aromatic N) is 4. The molecule has 1 saturated heterocycles. The molecular formula is C27H32N6O9. The van der Waals surface area contributed by atoms with Gasteiger partial charge in [0.05, 0.1) is 12.1 Å². The van der Waals surface area contributed by atoms with Gasteiger partial charge < -0.3 is 34.9 Å². The van der Waals surface area contributed by atoms with Gasteiger partial charge in [0.2, 0.25) is 5.60 Å². The molecule has 4 rings (SSSR count). The molecule has 1 aromatic carbocycles. The van der Waals surface area contributed by atoms with Crippen molar-refractivity contribution in [2.24, 2.45) is 21.7 Å². The van der Waals surface area contributed by atoms with E-state index in [9.17, 15) is 24.8 Å². The van der Waals surface area contributed by atoms with E-state index in [1.165, 1.54) is 5.01 Å². The van der Waals surface area contributed by atoms with Gasteiger partial charge in [-0.1, -0.05) is 50.3 Å². The number of ether oxygens (including phenoxy) is 4. The van der Waals surface area contributed by atoms with Crippen LogP contribution in [0.15, 0.2) is 52.2 Å². The number of nitrogens with two attached hydrogens (primary N) is 1. The van der Waals surface area contributed by atoms with Crippen molar-refractivity contribution < 1.29 is 43.5 Å². The number of nitrogens with one attached hydrogen (secondary N) is 1. The van der Waals surface area contributed by atoms with Gasteiger partial charge in [0.15, 0.2) is 18.7 Å². The zero-order valence-corrected chi connectivity index (χ0v) is 23.0. The minimum absolute atomic E-state index is 0.0174. The number of aliphatic hydroxyl groups is 2. The first-order valence-electron chi connectivity index (χ1n) is 13.2. The normalized spacial score (nSPS) is 26.9. The molecule has 0 aliphatic carbocycles. The summed E-state index contributed by atoms with van der Waals surface area (Å²) in [6, 6.07) is 8.91. The van der Waals surface area contributed by atoms with Crippen LogP contribution in [-0.4, -0.2) is 94.8 Å². The molecule has 1 unspecified atom stereocenters. The summed E-state index contributed by atoms with van der Waals surface area (Å²) in [6.07, 6.45) is -2.56. The lowest BCUT2D eigenvalue weighted by Crippen LogP contribution is -2.57. The van der Waals surface area contributed by atoms with E-state index in [0.717, 1.165) is 6.34 Å². The van der Waals surface area contributed by atoms with Crippen molar-refractivity contribution in [1.82, 2.24) is 10.3 Å². The molecule has 0 aromatic heterocycles. The summed E-state index contributed by atoms with van der Waals surface area (Å²) in [7, 11) is 0. The summed E-state index contributed by atoms with van der Waals surface area (Å²) in [5.74, 6) is -1.69. The van der Waals surface area contributed by atoms with Crippen molar-refractivity contribution in [3.8, 4) is 6.07 Å². The van der Waals surface area contributed by atoms with Crippen molar-refractivity contribution in [3.05, 3.63) is 47.7 Å². The van der Waals surface area contributed by atoms with Crippen LogP contribution in [0.5, 0.6) is 0 Å². The van der Waals surface area contributed by atoms with E-state index in [1.807, 2.05) is 12.1 Å². The highest BCUT2D eigenvalue weighted by Crippen LogP contribution is 2.43. The average Bonchev–Trinajstić information content (AvgIpc) is 3.52. The molecule has 0 bridgehead atoms. The molecule has 0 spiro atoms. The number of aliphatic hydroxyl groups excluding tert-OH is 2. The van der Waals surface area contributed by atoms with Crippen LogP contribution >= 0.6 is 0 Å². The van der Waals surface area contributed by atoms with Gasteiger partial charge in [0.25, 0.3) is 0 Å². The summed E-state index contributed by atoms with van der Waals surface area (Å²) >= 11 is 0. The highest BCUT2D eigenvalue weighted by Gasteiger charge is 2.64. The highest BCUT2D eigenvalue weighted by atomic mass is 16.6. The van der Waals surface area contributed by atoms with Crippen LogP contribution in [0.1, 0.15) is 25.8 Å². The molecule has 0 saturated carbocycles. The van der Waals surface area contributed by atoms with Crippen LogP contribution in [0.25, 0.3) is 0 Å². The molecule has 15 nitrogen and oxygen atoms in total. The second kappa shape index (κ2) is 13.1. The van der Waals surface area contributed by atoms with E-state index in [-0.39, 0.29) is 30.3 Å². The Bertz CT molecular complexity index is 1310. The molecule has 42 heavy (non-hydrogen) atoms. The van der Waals surface area contributed by atoms with E-state index >= 15 is 0 Å². The summed E-state index contributed by atoms with van der Waals surface area (Å²) in [5, 5.41) is 38.6. The second-order valence-electron chi connectivity index (χ2n) is 10.1. The fourth-order valence-corrected chi connectivity index (χ4v) is 4.80. The van der Waals surface area contributed by atoms with E-state index in [2.05, 4.69) is 20.1 Å². The van der Waals surface area contributed by atoms with Gasteiger partial charge in [-0.2, -0.15) is 10.4 Å². The summed E-state index contributed by atoms with van der Waals surface area (Å²) in [5.41, 5.74) is 4.92. The predicted octanol–water partition coefficient (Wildman–Crippen LogP) is -0.321. The Hall–Kier alpha value is -4.36. The van der Waals surface area contributed by atoms with E-state index in [4.69, 9.17) is 25.1 Å². The first kappa shape index (κ1) is 30.6. The Morgan fingerprint density at radius 3 is 2.69 bits per heavy atom. The zero-order chi connectivity index (χ0) is 30.4. The largest absolute Gasteiger partial charge is 0.463 e. The Kier molecular flexibility index (Phi) is 9.53. The molecule has 6 atom stereocenters. The third kappa shape index (κ3) is 6.26. The van der Waals surface area contributed by atoms with Gasteiger partial charge in [0.1, 0.15) is 43.3 Å². The number of fused-ring (bicyclic) bond motifs is 1. The Morgan fingerprint density at radius 1 is 1.29 bits per heavy atom. The SMILES string of the molecule is CC(C)[C@H](N)C(=O)O[C@H]1[C@@H](O)[C@](C#N)(C2CC=C3C(NC(=O)OCO)=NC=NN32)O[C@@H]1COC(=O)Cc1ccccc1. The quantitative estimate of drug-likeness (QED) is 0.167. The van der Waals surface area contributed by atoms with Crippen LogP contribution in [-0.2, 0) is 35.0 Å². The van der Waals surface area contributed by atoms with Crippen molar-refractivity contribution >= 4 is 30.2 Å². The average molecular weight is 585 g/mol. The lowest BCUT2D eigenvalue weighted by atomic mass is 9.87. The Balaban J connectivity index is 1.56. The number of carbonyl (C=O) groups is 3. The number of amides is 1. The molecule has 224 valence electrons. The van der Waals surface area contributed by atoms with Gasteiger partial charge in [-0.25, -0.2) is 9.79 Å². The number of hydrazone groups is 1. The fourth-order valence-electron chi connectivity index (χ4n) is 4.80. The number of aliphatic imine (C=N–C) groups is 1. The monoisotopic (exact) mass is 584 g/mol. The van der Waals surface area contributed by atoms with Gasteiger partial charge in [0, 0.05) is 0 Å². The van der Waals surface area contributed by atoms with E-state index in [1.54, 1.807) is 44.2 Å². The molecule has 3 heterocycles. The van der Waals surface area contributed by atoms with Gasteiger partial charge >= 0.3 is 18.0 Å². The number of esters is 2. The third-order valence-electron chi connectivity index (χ3n) is 7.07. The van der Waals surface area contributed by atoms with Gasteiger partial charge in [-0.15, -0.1) is 0 Å². The topological polar surface area (TPSA) is 218 Å². The second-order valence-corrected chi connectivity index (χ2v) is 10.1. The third-order valence-corrected chi connectivity index (χ3v) is 7.07. The standard InChI is InChI=1S/C27H32N6O9/c1-15(2)21(29)25(37)41-22-18(11-39-20(35)10-16-6-4-3-5-7-16)42-27(12-28,23(22)36)19-9-8-17-24(30-13-31-33(17)19)32-26(38)40-14-34/h3-8,13,15,18-19,21-23,34,36H,9-11,14,29H2,1-2H3,(H,30,31,32,38)/t18-,19?,21+,22-,23-,27+/m1/s1. The highest BCUT2D eigenvalue weighted by molar-refractivity contribution is 6.09. The summed E-state index contributed by atoms with van der Waals surface area (Å²) in [6.45, 7) is 2.16. The first-order valence-corrected chi connectivity index (χ1v) is 13.2. The van der Waals surface area contributed by atoms with Gasteiger partial charge in [-0.3, -0.25) is 19.9 Å². The number of rotatable bonds is 9. The minimum atomic E-state index is -2.03. The van der Waals surface area contributed by atoms with E-state index < -0.39 is 67.4 Å². The number of nitriles is 1. The zero-order valence-electron chi connectivity index (χ0n) is 23.0. The molecular weight excluding hydrogens is 552 g/mol. The smallest absolute Gasteiger partial charge is 0.414 e. The molecule has 1 amide bonds.